The number of carbonyl (C=O) groups excluding carboxylic acids is 1. The molecule has 0 fully saturated rings. The molecule has 0 saturated carbocycles. The Labute approximate surface area is 172 Å². The number of nitrogen functional groups attached to an aromatic ring is 1. The normalized spacial score (nSPS) is 12.0. The molecule has 2 aromatic carbocycles. The Morgan fingerprint density at radius 1 is 1.10 bits per heavy atom. The van der Waals surface area contributed by atoms with Gasteiger partial charge in [-0.05, 0) is 57.0 Å². The number of carbonyl (C=O) groups is 1. The monoisotopic (exact) mass is 405 g/mol. The molecule has 6 N–H and O–H groups in total. The van der Waals surface area contributed by atoms with Crippen LogP contribution in [0.3, 0.4) is 0 Å². The smallest absolute Gasteiger partial charge is 0.254 e. The fourth-order valence-electron chi connectivity index (χ4n) is 3.73. The summed E-state index contributed by atoms with van der Waals surface area (Å²) in [7, 11) is 0. The molecule has 4 rings (SSSR count). The highest BCUT2D eigenvalue weighted by Gasteiger charge is 2.26. The maximum absolute atomic E-state index is 12.2. The minimum absolute atomic E-state index is 0.0770. The van der Waals surface area contributed by atoms with E-state index in [-0.39, 0.29) is 22.6 Å². The topological polar surface area (TPSA) is 140 Å². The van der Waals surface area contributed by atoms with Gasteiger partial charge in [0.05, 0.1) is 22.3 Å². The molecule has 0 spiro atoms. The van der Waals surface area contributed by atoms with Crippen molar-refractivity contribution in [1.29, 1.82) is 0 Å². The summed E-state index contributed by atoms with van der Waals surface area (Å²) in [5.41, 5.74) is 15.4. The van der Waals surface area contributed by atoms with Gasteiger partial charge < -0.3 is 21.7 Å². The van der Waals surface area contributed by atoms with Crippen LogP contribution >= 0.6 is 0 Å². The van der Waals surface area contributed by atoms with Crippen molar-refractivity contribution in [2.24, 2.45) is 5.73 Å². The average Bonchev–Trinajstić information content (AvgIpc) is 2.93. The van der Waals surface area contributed by atoms with Gasteiger partial charge in [-0.15, -0.1) is 0 Å². The van der Waals surface area contributed by atoms with E-state index in [1.807, 2.05) is 6.92 Å². The summed E-state index contributed by atoms with van der Waals surface area (Å²) in [5.74, 6) is -0.517. The molecule has 8 heteroatoms. The van der Waals surface area contributed by atoms with Gasteiger partial charge in [0.1, 0.15) is 22.6 Å². The molecule has 2 aromatic heterocycles. The summed E-state index contributed by atoms with van der Waals surface area (Å²) in [6.07, 6.45) is 0. The lowest BCUT2D eigenvalue weighted by atomic mass is 9.98. The minimum atomic E-state index is -1.05. The van der Waals surface area contributed by atoms with Gasteiger partial charge in [0.2, 0.25) is 0 Å². The Morgan fingerprint density at radius 2 is 1.80 bits per heavy atom. The van der Waals surface area contributed by atoms with E-state index in [2.05, 4.69) is 4.98 Å². The van der Waals surface area contributed by atoms with Crippen molar-refractivity contribution in [3.63, 3.8) is 0 Å². The summed E-state index contributed by atoms with van der Waals surface area (Å²) in [4.78, 5) is 21.5. The number of phenolic OH excluding ortho intramolecular Hbond substituents is 1. The third kappa shape index (κ3) is 2.84. The van der Waals surface area contributed by atoms with Crippen molar-refractivity contribution >= 4 is 33.9 Å². The van der Waals surface area contributed by atoms with Crippen molar-refractivity contribution < 1.29 is 15.0 Å². The van der Waals surface area contributed by atoms with E-state index in [0.717, 1.165) is 5.56 Å². The quantitative estimate of drug-likeness (QED) is 0.413. The highest BCUT2D eigenvalue weighted by Crippen LogP contribution is 2.36. The van der Waals surface area contributed by atoms with Crippen molar-refractivity contribution in [3.8, 4) is 11.4 Å². The van der Waals surface area contributed by atoms with Gasteiger partial charge in [0.25, 0.3) is 5.91 Å². The zero-order valence-electron chi connectivity index (χ0n) is 17.2. The zero-order valence-corrected chi connectivity index (χ0v) is 17.2. The Bertz CT molecular complexity index is 1350. The maximum atomic E-state index is 12.2. The number of aliphatic hydroxyl groups is 1. The Hall–Kier alpha value is -3.65. The van der Waals surface area contributed by atoms with Crippen molar-refractivity contribution in [2.75, 3.05) is 5.73 Å². The molecule has 0 unspecified atom stereocenters. The van der Waals surface area contributed by atoms with Crippen molar-refractivity contribution in [1.82, 2.24) is 14.5 Å². The molecule has 0 aliphatic rings. The molecule has 4 aromatic rings. The number of aromatic nitrogens is 3. The van der Waals surface area contributed by atoms with Crippen LogP contribution < -0.4 is 11.5 Å². The van der Waals surface area contributed by atoms with Crippen LogP contribution in [0.15, 0.2) is 30.3 Å². The molecule has 0 radical (unpaired) electrons. The Morgan fingerprint density at radius 3 is 2.43 bits per heavy atom. The molecule has 154 valence electrons. The summed E-state index contributed by atoms with van der Waals surface area (Å²) < 4.78 is 1.60. The van der Waals surface area contributed by atoms with Gasteiger partial charge in [-0.25, -0.2) is 9.97 Å². The van der Waals surface area contributed by atoms with Gasteiger partial charge in [0.15, 0.2) is 5.65 Å². The number of aromatic hydroxyl groups is 1. The summed E-state index contributed by atoms with van der Waals surface area (Å²) in [6, 6.07) is 8.60. The van der Waals surface area contributed by atoms with Crippen LogP contribution in [0.4, 0.5) is 5.82 Å². The molecule has 1 amide bonds. The molecule has 0 saturated heterocycles. The van der Waals surface area contributed by atoms with E-state index in [4.69, 9.17) is 16.5 Å². The summed E-state index contributed by atoms with van der Waals surface area (Å²) in [5, 5.41) is 20.6. The molecule has 0 aliphatic carbocycles. The van der Waals surface area contributed by atoms with E-state index < -0.39 is 11.5 Å². The molecule has 2 heterocycles. The number of rotatable bonds is 3. The molecular formula is C22H23N5O3. The molecule has 30 heavy (non-hydrogen) atoms. The fourth-order valence-corrected chi connectivity index (χ4v) is 3.73. The number of hydrogen-bond acceptors (Lipinski definition) is 6. The standard InChI is InChI=1S/C22H23N5O3/c1-10-5-8-15(28)11(2)18(10)27-19(23)16(20(24)29)17-21(27)26-14-9-12(22(3,4)30)6-7-13(14)25-17/h5-9,28,30H,23H2,1-4H3,(H2,24,29). The molecule has 0 aliphatic heterocycles. The average molecular weight is 405 g/mol. The number of aryl methyl sites for hydroxylation is 1. The van der Waals surface area contributed by atoms with E-state index in [1.165, 1.54) is 0 Å². The molecule has 0 atom stereocenters. The third-order valence-corrected chi connectivity index (χ3v) is 5.37. The largest absolute Gasteiger partial charge is 0.508 e. The maximum Gasteiger partial charge on any atom is 0.254 e. The predicted molar refractivity (Wildman–Crippen MR) is 116 cm³/mol. The van der Waals surface area contributed by atoms with Gasteiger partial charge in [0, 0.05) is 5.56 Å². The van der Waals surface area contributed by atoms with Crippen LogP contribution in [0, 0.1) is 13.8 Å². The van der Waals surface area contributed by atoms with E-state index in [0.29, 0.717) is 33.5 Å². The zero-order chi connectivity index (χ0) is 22.0. The van der Waals surface area contributed by atoms with E-state index in [9.17, 15) is 15.0 Å². The number of fused-ring (bicyclic) bond motifs is 2. The number of primary amides is 1. The first-order valence-electron chi connectivity index (χ1n) is 9.44. The number of benzene rings is 2. The van der Waals surface area contributed by atoms with Gasteiger partial charge in [-0.1, -0.05) is 12.1 Å². The third-order valence-electron chi connectivity index (χ3n) is 5.37. The SMILES string of the molecule is Cc1ccc(O)c(C)c1-n1c(N)c(C(N)=O)c2nc3ccc(C(C)(C)O)cc3nc21. The van der Waals surface area contributed by atoms with E-state index in [1.54, 1.807) is 55.7 Å². The fraction of sp³-hybridized carbons (Fsp3) is 0.227. The summed E-state index contributed by atoms with van der Waals surface area (Å²) >= 11 is 0. The van der Waals surface area contributed by atoms with Crippen LogP contribution in [0.1, 0.15) is 40.9 Å². The lowest BCUT2D eigenvalue weighted by molar-refractivity contribution is 0.0787. The van der Waals surface area contributed by atoms with Crippen LogP contribution in [0.5, 0.6) is 5.75 Å². The Kier molecular flexibility index (Phi) is 4.21. The van der Waals surface area contributed by atoms with Gasteiger partial charge in [-0.3, -0.25) is 9.36 Å². The number of anilines is 1. The number of hydrogen-bond donors (Lipinski definition) is 4. The number of phenols is 1. The number of nitrogens with zero attached hydrogens (tertiary/aromatic N) is 3. The lowest BCUT2D eigenvalue weighted by Crippen LogP contribution is -2.15. The second kappa shape index (κ2) is 6.43. The minimum Gasteiger partial charge on any atom is -0.508 e. The first-order valence-corrected chi connectivity index (χ1v) is 9.44. The summed E-state index contributed by atoms with van der Waals surface area (Å²) in [6.45, 7) is 7.00. The van der Waals surface area contributed by atoms with Crippen molar-refractivity contribution in [2.45, 2.75) is 33.3 Å². The highest BCUT2D eigenvalue weighted by atomic mass is 16.3. The second-order valence-electron chi connectivity index (χ2n) is 7.99. The number of nitrogens with two attached hydrogens (primary N) is 2. The second-order valence-corrected chi connectivity index (χ2v) is 7.99. The number of amides is 1. The highest BCUT2D eigenvalue weighted by molar-refractivity contribution is 6.10. The lowest BCUT2D eigenvalue weighted by Gasteiger charge is -2.18. The van der Waals surface area contributed by atoms with Crippen LogP contribution in [0.2, 0.25) is 0 Å². The van der Waals surface area contributed by atoms with Crippen LogP contribution in [-0.2, 0) is 5.60 Å². The molecular weight excluding hydrogens is 382 g/mol. The van der Waals surface area contributed by atoms with Crippen LogP contribution in [0.25, 0.3) is 27.9 Å². The molecule has 0 bridgehead atoms. The van der Waals surface area contributed by atoms with Gasteiger partial charge in [-0.2, -0.15) is 0 Å². The van der Waals surface area contributed by atoms with Gasteiger partial charge >= 0.3 is 0 Å². The first-order chi connectivity index (χ1) is 14.0. The van der Waals surface area contributed by atoms with Crippen molar-refractivity contribution in [3.05, 3.63) is 52.6 Å². The first kappa shape index (κ1) is 19.7. The van der Waals surface area contributed by atoms with E-state index >= 15 is 0 Å². The molecule has 8 nitrogen and oxygen atoms in total. The Balaban J connectivity index is 2.17. The predicted octanol–water partition coefficient (Wildman–Crippen LogP) is 2.80. The van der Waals surface area contributed by atoms with Crippen LogP contribution in [-0.4, -0.2) is 30.7 Å².